The molecule has 0 spiro atoms. The van der Waals surface area contributed by atoms with E-state index in [2.05, 4.69) is 13.5 Å². The Kier molecular flexibility index (Phi) is 4.86. The molecule has 0 N–H and O–H groups in total. The monoisotopic (exact) mass is 210 g/mol. The molecular weight excluding hydrogens is 188 g/mol. The van der Waals surface area contributed by atoms with Gasteiger partial charge in [0, 0.05) is 6.08 Å². The first-order valence-corrected chi connectivity index (χ1v) is 6.08. The number of ether oxygens (including phenoxy) is 1. The summed E-state index contributed by atoms with van der Waals surface area (Å²) < 4.78 is 5.35. The van der Waals surface area contributed by atoms with Crippen LogP contribution in [0.4, 0.5) is 0 Å². The third-order valence-corrected chi connectivity index (χ3v) is 3.03. The predicted octanol–water partition coefficient (Wildman–Crippen LogP) is 3.61. The van der Waals surface area contributed by atoms with E-state index in [0.717, 1.165) is 19.3 Å². The van der Waals surface area contributed by atoms with Crippen LogP contribution in [0.1, 0.15) is 58.3 Å². The van der Waals surface area contributed by atoms with E-state index in [1.54, 1.807) is 0 Å². The second kappa shape index (κ2) is 5.94. The first-order valence-electron chi connectivity index (χ1n) is 6.08. The molecule has 1 aliphatic carbocycles. The number of carbonyl (C=O) groups excluding carboxylic acids is 1. The van der Waals surface area contributed by atoms with Gasteiger partial charge in [-0.3, -0.25) is 0 Å². The Morgan fingerprint density at radius 2 is 2.00 bits per heavy atom. The van der Waals surface area contributed by atoms with Crippen LogP contribution in [0.25, 0.3) is 0 Å². The molecule has 0 atom stereocenters. The number of esters is 1. The van der Waals surface area contributed by atoms with Gasteiger partial charge in [0.25, 0.3) is 0 Å². The van der Waals surface area contributed by atoms with Crippen LogP contribution in [-0.4, -0.2) is 11.6 Å². The van der Waals surface area contributed by atoms with Crippen molar-refractivity contribution in [2.24, 2.45) is 0 Å². The summed E-state index contributed by atoms with van der Waals surface area (Å²) in [5.41, 5.74) is -0.0997. The third-order valence-electron chi connectivity index (χ3n) is 3.03. The highest BCUT2D eigenvalue weighted by Crippen LogP contribution is 2.44. The number of hydrogen-bond donors (Lipinski definition) is 0. The minimum Gasteiger partial charge on any atom is -0.456 e. The summed E-state index contributed by atoms with van der Waals surface area (Å²) in [5, 5.41) is 0. The number of carbonyl (C=O) groups is 1. The lowest BCUT2D eigenvalue weighted by Gasteiger charge is -2.14. The summed E-state index contributed by atoms with van der Waals surface area (Å²) >= 11 is 0. The Labute approximate surface area is 92.7 Å². The van der Waals surface area contributed by atoms with Gasteiger partial charge in [0.05, 0.1) is 0 Å². The normalized spacial score (nSPS) is 17.1. The van der Waals surface area contributed by atoms with Gasteiger partial charge in [-0.15, -0.1) is 0 Å². The molecule has 1 fully saturated rings. The minimum absolute atomic E-state index is 0.0997. The van der Waals surface area contributed by atoms with E-state index >= 15 is 0 Å². The lowest BCUT2D eigenvalue weighted by molar-refractivity contribution is -0.145. The second-order valence-electron chi connectivity index (χ2n) is 4.47. The van der Waals surface area contributed by atoms with Gasteiger partial charge in [0.1, 0.15) is 5.60 Å². The zero-order valence-electron chi connectivity index (χ0n) is 9.76. The summed E-state index contributed by atoms with van der Waals surface area (Å²) in [6, 6.07) is 0. The highest BCUT2D eigenvalue weighted by atomic mass is 16.6. The van der Waals surface area contributed by atoms with Crippen LogP contribution in [-0.2, 0) is 9.53 Å². The molecule has 0 amide bonds. The number of rotatable bonds is 8. The second-order valence-corrected chi connectivity index (χ2v) is 4.47. The SMILES string of the molecule is C=CC(=O)OC1(CCCCCCC)CC1. The van der Waals surface area contributed by atoms with Crippen molar-refractivity contribution in [3.05, 3.63) is 12.7 Å². The van der Waals surface area contributed by atoms with Gasteiger partial charge in [0.2, 0.25) is 0 Å². The van der Waals surface area contributed by atoms with Gasteiger partial charge in [-0.25, -0.2) is 4.79 Å². The molecule has 1 saturated carbocycles. The maximum atomic E-state index is 11.1. The van der Waals surface area contributed by atoms with Gasteiger partial charge >= 0.3 is 5.97 Å². The molecule has 1 rings (SSSR count). The topological polar surface area (TPSA) is 26.3 Å². The molecule has 0 saturated heterocycles. The molecule has 1 aliphatic rings. The molecule has 0 unspecified atom stereocenters. The van der Waals surface area contributed by atoms with Crippen molar-refractivity contribution in [1.82, 2.24) is 0 Å². The average Bonchev–Trinajstić information content (AvgIpc) is 2.98. The van der Waals surface area contributed by atoms with Crippen molar-refractivity contribution in [2.75, 3.05) is 0 Å². The Bertz CT molecular complexity index is 217. The van der Waals surface area contributed by atoms with E-state index in [1.807, 2.05) is 0 Å². The van der Waals surface area contributed by atoms with E-state index in [1.165, 1.54) is 38.2 Å². The third kappa shape index (κ3) is 4.50. The molecule has 2 heteroatoms. The lowest BCUT2D eigenvalue weighted by atomic mass is 10.1. The maximum Gasteiger partial charge on any atom is 0.330 e. The maximum absolute atomic E-state index is 11.1. The van der Waals surface area contributed by atoms with E-state index in [9.17, 15) is 4.79 Å². The molecular formula is C13H22O2. The summed E-state index contributed by atoms with van der Waals surface area (Å²) in [4.78, 5) is 11.1. The van der Waals surface area contributed by atoms with Crippen LogP contribution >= 0.6 is 0 Å². The summed E-state index contributed by atoms with van der Waals surface area (Å²) in [7, 11) is 0. The van der Waals surface area contributed by atoms with Gasteiger partial charge in [0.15, 0.2) is 0 Å². The van der Waals surface area contributed by atoms with Gasteiger partial charge in [-0.1, -0.05) is 39.2 Å². The quantitative estimate of drug-likeness (QED) is 0.347. The average molecular weight is 210 g/mol. The van der Waals surface area contributed by atoms with Crippen molar-refractivity contribution in [3.63, 3.8) is 0 Å². The van der Waals surface area contributed by atoms with Crippen LogP contribution < -0.4 is 0 Å². The van der Waals surface area contributed by atoms with Gasteiger partial charge in [-0.05, 0) is 25.7 Å². The fourth-order valence-electron chi connectivity index (χ4n) is 1.85. The highest BCUT2D eigenvalue weighted by Gasteiger charge is 2.45. The summed E-state index contributed by atoms with van der Waals surface area (Å²) in [5.74, 6) is -0.263. The van der Waals surface area contributed by atoms with E-state index in [-0.39, 0.29) is 11.6 Å². The molecule has 0 radical (unpaired) electrons. The Hall–Kier alpha value is -0.790. The van der Waals surface area contributed by atoms with E-state index < -0.39 is 0 Å². The Morgan fingerprint density at radius 3 is 2.53 bits per heavy atom. The van der Waals surface area contributed by atoms with Crippen LogP contribution in [0.5, 0.6) is 0 Å². The molecule has 0 bridgehead atoms. The number of unbranched alkanes of at least 4 members (excludes halogenated alkanes) is 4. The smallest absolute Gasteiger partial charge is 0.330 e. The fourth-order valence-corrected chi connectivity index (χ4v) is 1.85. The standard InChI is InChI=1S/C13H22O2/c1-3-5-6-7-8-9-13(10-11-13)15-12(14)4-2/h4H,2-3,5-11H2,1H3. The molecule has 0 aromatic carbocycles. The van der Waals surface area contributed by atoms with Crippen molar-refractivity contribution < 1.29 is 9.53 Å². The molecule has 0 aliphatic heterocycles. The molecule has 2 nitrogen and oxygen atoms in total. The minimum atomic E-state index is -0.263. The van der Waals surface area contributed by atoms with E-state index in [0.29, 0.717) is 0 Å². The predicted molar refractivity (Wildman–Crippen MR) is 61.6 cm³/mol. The largest absolute Gasteiger partial charge is 0.456 e. The van der Waals surface area contributed by atoms with Crippen LogP contribution in [0.2, 0.25) is 0 Å². The Morgan fingerprint density at radius 1 is 1.33 bits per heavy atom. The highest BCUT2D eigenvalue weighted by molar-refractivity contribution is 5.81. The van der Waals surface area contributed by atoms with Crippen LogP contribution in [0, 0.1) is 0 Å². The van der Waals surface area contributed by atoms with Crippen LogP contribution in [0.3, 0.4) is 0 Å². The summed E-state index contributed by atoms with van der Waals surface area (Å²) in [6.07, 6.45) is 10.7. The zero-order chi connectivity index (χ0) is 11.1. The molecule has 0 aromatic rings. The molecule has 86 valence electrons. The molecule has 0 aromatic heterocycles. The first-order chi connectivity index (χ1) is 7.22. The van der Waals surface area contributed by atoms with Crippen molar-refractivity contribution in [1.29, 1.82) is 0 Å². The van der Waals surface area contributed by atoms with Crippen LogP contribution in [0.15, 0.2) is 12.7 Å². The zero-order valence-corrected chi connectivity index (χ0v) is 9.76. The number of hydrogen-bond acceptors (Lipinski definition) is 2. The van der Waals surface area contributed by atoms with Crippen molar-refractivity contribution in [2.45, 2.75) is 63.9 Å². The Balaban J connectivity index is 2.09. The van der Waals surface area contributed by atoms with Crippen molar-refractivity contribution in [3.8, 4) is 0 Å². The molecule has 0 heterocycles. The van der Waals surface area contributed by atoms with Crippen molar-refractivity contribution >= 4 is 5.97 Å². The lowest BCUT2D eigenvalue weighted by Crippen LogP contribution is -2.17. The fraction of sp³-hybridized carbons (Fsp3) is 0.769. The first kappa shape index (κ1) is 12.3. The van der Waals surface area contributed by atoms with E-state index in [4.69, 9.17) is 4.74 Å². The summed E-state index contributed by atoms with van der Waals surface area (Å²) in [6.45, 7) is 5.64. The molecule has 15 heavy (non-hydrogen) atoms. The van der Waals surface area contributed by atoms with Gasteiger partial charge < -0.3 is 4.74 Å². The van der Waals surface area contributed by atoms with Gasteiger partial charge in [-0.2, -0.15) is 0 Å².